The van der Waals surface area contributed by atoms with E-state index in [0.717, 1.165) is 22.3 Å². The SMILES string of the molecule is CC(C)(C)OC(=O)Nc1ccc(Cc2cc(-c3cccc(Cl)c3)c3nc(NC(=O)O)oc3c2)cc1. The lowest BCUT2D eigenvalue weighted by Crippen LogP contribution is -2.27. The Balaban J connectivity index is 1.63. The number of fused-ring (bicyclic) bond motifs is 1. The number of aromatic nitrogens is 1. The molecule has 0 aliphatic heterocycles. The molecule has 1 aromatic heterocycles. The first-order valence-electron chi connectivity index (χ1n) is 10.8. The number of oxazole rings is 1. The van der Waals surface area contributed by atoms with Gasteiger partial charge >= 0.3 is 18.2 Å². The van der Waals surface area contributed by atoms with Crippen molar-refractivity contribution in [3.05, 3.63) is 76.8 Å². The summed E-state index contributed by atoms with van der Waals surface area (Å²) in [6, 6.07) is 18.5. The number of carbonyl (C=O) groups excluding carboxylic acids is 1. The average molecular weight is 494 g/mol. The van der Waals surface area contributed by atoms with Gasteiger partial charge in [0, 0.05) is 16.3 Å². The maximum absolute atomic E-state index is 12.0. The summed E-state index contributed by atoms with van der Waals surface area (Å²) < 4.78 is 10.9. The van der Waals surface area contributed by atoms with Gasteiger partial charge in [-0.2, -0.15) is 4.98 Å². The van der Waals surface area contributed by atoms with Crippen molar-refractivity contribution in [2.45, 2.75) is 32.8 Å². The molecule has 0 saturated heterocycles. The minimum atomic E-state index is -1.26. The second kappa shape index (κ2) is 9.68. The zero-order chi connectivity index (χ0) is 25.2. The van der Waals surface area contributed by atoms with Crippen molar-refractivity contribution >= 4 is 46.6 Å². The Morgan fingerprint density at radius 1 is 1.03 bits per heavy atom. The second-order valence-corrected chi connectivity index (χ2v) is 9.39. The van der Waals surface area contributed by atoms with Gasteiger partial charge in [-0.1, -0.05) is 35.9 Å². The molecule has 4 aromatic rings. The van der Waals surface area contributed by atoms with E-state index in [-0.39, 0.29) is 6.01 Å². The number of carboxylic acid groups (broad SMARTS) is 1. The van der Waals surface area contributed by atoms with Crippen LogP contribution < -0.4 is 10.6 Å². The van der Waals surface area contributed by atoms with Gasteiger partial charge in [0.1, 0.15) is 11.1 Å². The number of amides is 2. The van der Waals surface area contributed by atoms with Crippen LogP contribution in [0.4, 0.5) is 21.3 Å². The second-order valence-electron chi connectivity index (χ2n) is 8.95. The Kier molecular flexibility index (Phi) is 6.66. The number of hydrogen-bond donors (Lipinski definition) is 3. The molecule has 0 unspecified atom stereocenters. The van der Waals surface area contributed by atoms with E-state index in [9.17, 15) is 9.59 Å². The lowest BCUT2D eigenvalue weighted by atomic mass is 9.98. The van der Waals surface area contributed by atoms with Gasteiger partial charge < -0.3 is 14.3 Å². The average Bonchev–Trinajstić information content (AvgIpc) is 3.14. The van der Waals surface area contributed by atoms with Crippen LogP contribution in [0.5, 0.6) is 0 Å². The number of anilines is 2. The minimum Gasteiger partial charge on any atom is -0.465 e. The van der Waals surface area contributed by atoms with Crippen molar-refractivity contribution in [2.24, 2.45) is 0 Å². The van der Waals surface area contributed by atoms with Crippen LogP contribution in [-0.4, -0.2) is 27.9 Å². The molecule has 0 aliphatic carbocycles. The lowest BCUT2D eigenvalue weighted by molar-refractivity contribution is 0.0636. The van der Waals surface area contributed by atoms with E-state index in [2.05, 4.69) is 15.6 Å². The minimum absolute atomic E-state index is 0.106. The third kappa shape index (κ3) is 6.30. The number of nitrogens with one attached hydrogen (secondary N) is 2. The van der Waals surface area contributed by atoms with E-state index >= 15 is 0 Å². The Morgan fingerprint density at radius 2 is 1.77 bits per heavy atom. The molecule has 0 saturated carbocycles. The molecular formula is C26H24ClN3O5. The number of ether oxygens (including phenoxy) is 1. The van der Waals surface area contributed by atoms with Crippen LogP contribution in [-0.2, 0) is 11.2 Å². The van der Waals surface area contributed by atoms with Crippen LogP contribution in [0.15, 0.2) is 65.1 Å². The Hall–Kier alpha value is -4.04. The Bertz CT molecular complexity index is 1390. The van der Waals surface area contributed by atoms with Gasteiger partial charge in [0.25, 0.3) is 0 Å². The van der Waals surface area contributed by atoms with Gasteiger partial charge in [-0.05, 0) is 80.3 Å². The molecule has 9 heteroatoms. The van der Waals surface area contributed by atoms with Crippen LogP contribution in [0.1, 0.15) is 31.9 Å². The maximum Gasteiger partial charge on any atom is 0.412 e. The molecule has 0 spiro atoms. The predicted octanol–water partition coefficient (Wildman–Crippen LogP) is 7.18. The van der Waals surface area contributed by atoms with E-state index in [4.69, 9.17) is 25.9 Å². The molecule has 2 amide bonds. The van der Waals surface area contributed by atoms with E-state index in [1.807, 2.05) is 42.5 Å². The third-order valence-electron chi connectivity index (χ3n) is 4.91. The van der Waals surface area contributed by atoms with Crippen molar-refractivity contribution in [1.82, 2.24) is 4.98 Å². The molecule has 180 valence electrons. The van der Waals surface area contributed by atoms with Crippen LogP contribution in [0.25, 0.3) is 22.2 Å². The predicted molar refractivity (Wildman–Crippen MR) is 135 cm³/mol. The van der Waals surface area contributed by atoms with Crippen molar-refractivity contribution in [3.8, 4) is 11.1 Å². The maximum atomic E-state index is 12.0. The molecule has 1 heterocycles. The van der Waals surface area contributed by atoms with Crippen molar-refractivity contribution in [1.29, 1.82) is 0 Å². The summed E-state index contributed by atoms with van der Waals surface area (Å²) in [5, 5.41) is 14.5. The molecule has 8 nitrogen and oxygen atoms in total. The van der Waals surface area contributed by atoms with Crippen LogP contribution in [0.3, 0.4) is 0 Å². The zero-order valence-electron chi connectivity index (χ0n) is 19.4. The number of nitrogens with zero attached hydrogens (tertiary/aromatic N) is 1. The number of rotatable bonds is 5. The van der Waals surface area contributed by atoms with E-state index in [1.165, 1.54) is 0 Å². The van der Waals surface area contributed by atoms with Crippen molar-refractivity contribution in [3.63, 3.8) is 0 Å². The largest absolute Gasteiger partial charge is 0.465 e. The summed E-state index contributed by atoms with van der Waals surface area (Å²) in [6.45, 7) is 5.41. The van der Waals surface area contributed by atoms with Crippen molar-refractivity contribution < 1.29 is 23.8 Å². The van der Waals surface area contributed by atoms with Gasteiger partial charge in [-0.15, -0.1) is 0 Å². The van der Waals surface area contributed by atoms with Gasteiger partial charge in [0.05, 0.1) is 0 Å². The molecule has 0 atom stereocenters. The summed E-state index contributed by atoms with van der Waals surface area (Å²) in [7, 11) is 0. The summed E-state index contributed by atoms with van der Waals surface area (Å²) in [5.41, 5.74) is 4.54. The number of carbonyl (C=O) groups is 2. The topological polar surface area (TPSA) is 114 Å². The zero-order valence-corrected chi connectivity index (χ0v) is 20.1. The molecular weight excluding hydrogens is 470 g/mol. The fourth-order valence-electron chi connectivity index (χ4n) is 3.57. The molecule has 4 rings (SSSR count). The highest BCUT2D eigenvalue weighted by Gasteiger charge is 2.17. The number of hydrogen-bond acceptors (Lipinski definition) is 5. The van der Waals surface area contributed by atoms with Crippen LogP contribution in [0.2, 0.25) is 5.02 Å². The fourth-order valence-corrected chi connectivity index (χ4v) is 3.76. The molecule has 0 aliphatic rings. The number of benzene rings is 3. The monoisotopic (exact) mass is 493 g/mol. The summed E-state index contributed by atoms with van der Waals surface area (Å²) in [4.78, 5) is 27.4. The van der Waals surface area contributed by atoms with Gasteiger partial charge in [-0.25, -0.2) is 14.9 Å². The molecule has 35 heavy (non-hydrogen) atoms. The van der Waals surface area contributed by atoms with Crippen LogP contribution >= 0.6 is 11.6 Å². The van der Waals surface area contributed by atoms with E-state index < -0.39 is 17.8 Å². The summed E-state index contributed by atoms with van der Waals surface area (Å²) in [5.74, 6) is 0. The first-order chi connectivity index (χ1) is 16.6. The third-order valence-corrected chi connectivity index (χ3v) is 5.15. The van der Waals surface area contributed by atoms with E-state index in [1.54, 1.807) is 39.0 Å². The van der Waals surface area contributed by atoms with E-state index in [0.29, 0.717) is 28.2 Å². The molecule has 0 bridgehead atoms. The van der Waals surface area contributed by atoms with Gasteiger partial charge in [0.15, 0.2) is 5.58 Å². The standard InChI is InChI=1S/C26H24ClN3O5/c1-26(2,3)35-25(33)28-19-9-7-15(8-10-19)11-16-12-20(17-5-4-6-18(27)14-17)22-21(13-16)34-23(29-22)30-24(31)32/h4-10,12-14H,11H2,1-3H3,(H,28,33)(H,29,30)(H,31,32). The van der Waals surface area contributed by atoms with Gasteiger partial charge in [0.2, 0.25) is 0 Å². The van der Waals surface area contributed by atoms with Crippen LogP contribution in [0, 0.1) is 0 Å². The lowest BCUT2D eigenvalue weighted by Gasteiger charge is -2.19. The molecule has 3 N–H and O–H groups in total. The number of halogens is 1. The smallest absolute Gasteiger partial charge is 0.412 e. The van der Waals surface area contributed by atoms with Gasteiger partial charge in [-0.3, -0.25) is 5.32 Å². The molecule has 3 aromatic carbocycles. The highest BCUT2D eigenvalue weighted by atomic mass is 35.5. The molecule has 0 fully saturated rings. The summed E-state index contributed by atoms with van der Waals surface area (Å²) >= 11 is 6.20. The Labute approximate surface area is 206 Å². The summed E-state index contributed by atoms with van der Waals surface area (Å²) in [6.07, 6.45) is -1.21. The quantitative estimate of drug-likeness (QED) is 0.271. The molecule has 0 radical (unpaired) electrons. The highest BCUT2D eigenvalue weighted by Crippen LogP contribution is 2.33. The highest BCUT2D eigenvalue weighted by molar-refractivity contribution is 6.30. The fraction of sp³-hybridized carbons (Fsp3) is 0.192. The van der Waals surface area contributed by atoms with Crippen molar-refractivity contribution in [2.75, 3.05) is 10.6 Å². The first-order valence-corrected chi connectivity index (χ1v) is 11.2. The normalized spacial score (nSPS) is 11.3. The first kappa shape index (κ1) is 24.1. The Morgan fingerprint density at radius 3 is 2.43 bits per heavy atom.